The van der Waals surface area contributed by atoms with Crippen molar-refractivity contribution in [1.29, 1.82) is 5.26 Å². The molecule has 0 unspecified atom stereocenters. The fourth-order valence-corrected chi connectivity index (χ4v) is 4.30. The summed E-state index contributed by atoms with van der Waals surface area (Å²) >= 11 is 0. The second kappa shape index (κ2) is 10.9. The van der Waals surface area contributed by atoms with Gasteiger partial charge in [0.15, 0.2) is 6.04 Å². The van der Waals surface area contributed by atoms with Crippen LogP contribution in [0.2, 0.25) is 0 Å². The van der Waals surface area contributed by atoms with Crippen molar-refractivity contribution in [1.82, 2.24) is 5.32 Å². The van der Waals surface area contributed by atoms with Crippen molar-refractivity contribution in [2.45, 2.75) is 45.3 Å². The van der Waals surface area contributed by atoms with E-state index in [9.17, 15) is 4.79 Å². The van der Waals surface area contributed by atoms with Crippen molar-refractivity contribution in [2.24, 2.45) is 0 Å². The molecule has 1 fully saturated rings. The van der Waals surface area contributed by atoms with Gasteiger partial charge in [-0.1, -0.05) is 55.8 Å². The maximum absolute atomic E-state index is 13.0. The molecule has 1 heterocycles. The number of piperazine rings is 1. The Bertz CT molecular complexity index is 836. The first-order valence-corrected chi connectivity index (χ1v) is 11.1. The number of carbonyl (C=O) groups excluding carboxylic acids is 1. The van der Waals surface area contributed by atoms with Gasteiger partial charge in [-0.25, -0.2) is 0 Å². The minimum Gasteiger partial charge on any atom is -0.344 e. The highest BCUT2D eigenvalue weighted by molar-refractivity contribution is 5.80. The minimum atomic E-state index is -0.0375. The molecule has 1 saturated heterocycles. The Hall–Kier alpha value is -2.68. The summed E-state index contributed by atoms with van der Waals surface area (Å²) < 4.78 is 0. The number of nitriles is 1. The highest BCUT2D eigenvalue weighted by Crippen LogP contribution is 2.18. The first-order valence-electron chi connectivity index (χ1n) is 11.1. The van der Waals surface area contributed by atoms with E-state index in [-0.39, 0.29) is 18.0 Å². The van der Waals surface area contributed by atoms with Crippen molar-refractivity contribution in [2.75, 3.05) is 26.2 Å². The van der Waals surface area contributed by atoms with Gasteiger partial charge in [0.25, 0.3) is 5.91 Å². The third-order valence-electron chi connectivity index (χ3n) is 6.24. The van der Waals surface area contributed by atoms with Gasteiger partial charge in [-0.3, -0.25) is 4.79 Å². The summed E-state index contributed by atoms with van der Waals surface area (Å²) in [6, 6.07) is 20.4. The van der Waals surface area contributed by atoms with E-state index >= 15 is 0 Å². The van der Waals surface area contributed by atoms with Crippen LogP contribution in [-0.2, 0) is 11.3 Å². The monoisotopic (exact) mass is 406 g/mol. The molecule has 0 spiro atoms. The van der Waals surface area contributed by atoms with Crippen molar-refractivity contribution < 1.29 is 14.6 Å². The molecule has 3 rings (SSSR count). The molecule has 0 radical (unpaired) electrons. The Balaban J connectivity index is 1.50. The van der Waals surface area contributed by atoms with E-state index < -0.39 is 0 Å². The van der Waals surface area contributed by atoms with E-state index in [0.717, 1.165) is 45.6 Å². The Labute approximate surface area is 180 Å². The number of benzene rings is 2. The Morgan fingerprint density at radius 1 is 1.07 bits per heavy atom. The summed E-state index contributed by atoms with van der Waals surface area (Å²) in [6.07, 6.45) is 2.00. The standard InChI is InChI=1S/C25H32N4O/c1-3-7-24(23-8-5-4-6-9-23)27-25(30)20(2)29-16-14-28(15-17-29)19-22-12-10-21(18-26)11-13-22/h4-6,8-13,20,24H,3,7,14-17,19H2,1-2H3,(H,27,30)/p+2/t20-,24+/m1/s1. The second-order valence-corrected chi connectivity index (χ2v) is 8.38. The number of hydrogen-bond donors (Lipinski definition) is 3. The smallest absolute Gasteiger partial charge is 0.278 e. The third kappa shape index (κ3) is 5.91. The zero-order chi connectivity index (χ0) is 21.3. The average Bonchev–Trinajstić information content (AvgIpc) is 2.80. The summed E-state index contributed by atoms with van der Waals surface area (Å²) in [5, 5.41) is 12.2. The molecule has 1 aliphatic rings. The molecular weight excluding hydrogens is 372 g/mol. The lowest BCUT2D eigenvalue weighted by molar-refractivity contribution is -1.02. The highest BCUT2D eigenvalue weighted by Gasteiger charge is 2.32. The van der Waals surface area contributed by atoms with Gasteiger partial charge in [-0.05, 0) is 31.0 Å². The summed E-state index contributed by atoms with van der Waals surface area (Å²) in [6.45, 7) is 9.32. The maximum Gasteiger partial charge on any atom is 0.278 e. The first-order chi connectivity index (χ1) is 14.6. The Morgan fingerprint density at radius 2 is 1.73 bits per heavy atom. The number of rotatable bonds is 8. The molecule has 30 heavy (non-hydrogen) atoms. The highest BCUT2D eigenvalue weighted by atomic mass is 16.2. The van der Waals surface area contributed by atoms with E-state index in [2.05, 4.69) is 49.5 Å². The lowest BCUT2D eigenvalue weighted by Crippen LogP contribution is -3.29. The van der Waals surface area contributed by atoms with Gasteiger partial charge in [0.1, 0.15) is 32.7 Å². The fourth-order valence-electron chi connectivity index (χ4n) is 4.30. The lowest BCUT2D eigenvalue weighted by Gasteiger charge is -2.33. The molecule has 5 heteroatoms. The average molecular weight is 407 g/mol. The van der Waals surface area contributed by atoms with E-state index in [1.807, 2.05) is 30.3 Å². The zero-order valence-electron chi connectivity index (χ0n) is 18.2. The molecule has 0 aromatic heterocycles. The molecule has 5 nitrogen and oxygen atoms in total. The van der Waals surface area contributed by atoms with Crippen LogP contribution in [0.1, 0.15) is 49.4 Å². The number of hydrogen-bond acceptors (Lipinski definition) is 2. The molecule has 0 saturated carbocycles. The number of carbonyl (C=O) groups is 1. The molecule has 2 aromatic carbocycles. The van der Waals surface area contributed by atoms with Crippen LogP contribution in [-0.4, -0.2) is 38.1 Å². The van der Waals surface area contributed by atoms with E-state index in [4.69, 9.17) is 5.26 Å². The summed E-state index contributed by atoms with van der Waals surface area (Å²) in [4.78, 5) is 15.9. The molecule has 1 aliphatic heterocycles. The second-order valence-electron chi connectivity index (χ2n) is 8.38. The Morgan fingerprint density at radius 3 is 2.33 bits per heavy atom. The zero-order valence-corrected chi connectivity index (χ0v) is 18.2. The molecular formula is C25H34N4O+2. The van der Waals surface area contributed by atoms with Crippen molar-refractivity contribution >= 4 is 5.91 Å². The summed E-state index contributed by atoms with van der Waals surface area (Å²) in [5.74, 6) is 0.155. The predicted molar refractivity (Wildman–Crippen MR) is 118 cm³/mol. The van der Waals surface area contributed by atoms with Gasteiger partial charge in [0, 0.05) is 5.56 Å². The van der Waals surface area contributed by atoms with Crippen LogP contribution >= 0.6 is 0 Å². The minimum absolute atomic E-state index is 0.0375. The largest absolute Gasteiger partial charge is 0.344 e. The molecule has 158 valence electrons. The molecule has 0 bridgehead atoms. The first kappa shape index (κ1) is 22.0. The van der Waals surface area contributed by atoms with Crippen LogP contribution < -0.4 is 15.1 Å². The molecule has 2 atom stereocenters. The molecule has 2 aromatic rings. The summed E-state index contributed by atoms with van der Waals surface area (Å²) in [7, 11) is 0. The number of nitrogens with zero attached hydrogens (tertiary/aromatic N) is 1. The number of quaternary nitrogens is 2. The Kier molecular flexibility index (Phi) is 8.01. The van der Waals surface area contributed by atoms with Gasteiger partial charge in [0.2, 0.25) is 0 Å². The van der Waals surface area contributed by atoms with Gasteiger partial charge in [0.05, 0.1) is 17.7 Å². The SMILES string of the molecule is CCC[C@H](NC(=O)[C@@H](C)[NH+]1CC[NH+](Cc2ccc(C#N)cc2)CC1)c1ccccc1. The van der Waals surface area contributed by atoms with Crippen LogP contribution in [0.3, 0.4) is 0 Å². The maximum atomic E-state index is 13.0. The lowest BCUT2D eigenvalue weighted by atomic mass is 10.0. The summed E-state index contributed by atoms with van der Waals surface area (Å²) in [5.41, 5.74) is 3.16. The van der Waals surface area contributed by atoms with Crippen LogP contribution in [0.4, 0.5) is 0 Å². The topological polar surface area (TPSA) is 61.8 Å². The fraction of sp³-hybridized carbons (Fsp3) is 0.440. The third-order valence-corrected chi connectivity index (χ3v) is 6.24. The van der Waals surface area contributed by atoms with E-state index in [1.165, 1.54) is 16.0 Å². The molecule has 3 N–H and O–H groups in total. The quantitative estimate of drug-likeness (QED) is 0.610. The molecule has 1 amide bonds. The van der Waals surface area contributed by atoms with Crippen LogP contribution in [0.25, 0.3) is 0 Å². The van der Waals surface area contributed by atoms with Crippen LogP contribution in [0, 0.1) is 11.3 Å². The van der Waals surface area contributed by atoms with Crippen molar-refractivity contribution in [3.63, 3.8) is 0 Å². The van der Waals surface area contributed by atoms with Crippen molar-refractivity contribution in [3.05, 3.63) is 71.3 Å². The van der Waals surface area contributed by atoms with Crippen LogP contribution in [0.15, 0.2) is 54.6 Å². The normalized spacial score (nSPS) is 20.7. The van der Waals surface area contributed by atoms with E-state index in [0.29, 0.717) is 5.56 Å². The van der Waals surface area contributed by atoms with Gasteiger partial charge in [-0.15, -0.1) is 0 Å². The van der Waals surface area contributed by atoms with Gasteiger partial charge >= 0.3 is 0 Å². The number of nitrogens with one attached hydrogen (secondary N) is 3. The van der Waals surface area contributed by atoms with Crippen LogP contribution in [0.5, 0.6) is 0 Å². The molecule has 0 aliphatic carbocycles. The van der Waals surface area contributed by atoms with Crippen molar-refractivity contribution in [3.8, 4) is 6.07 Å². The van der Waals surface area contributed by atoms with Gasteiger partial charge in [-0.2, -0.15) is 5.26 Å². The predicted octanol–water partition coefficient (Wildman–Crippen LogP) is 0.888. The van der Waals surface area contributed by atoms with E-state index in [1.54, 1.807) is 4.90 Å². The van der Waals surface area contributed by atoms with Gasteiger partial charge < -0.3 is 15.1 Å². The number of amides is 1.